The van der Waals surface area contributed by atoms with Crippen molar-refractivity contribution in [3.05, 3.63) is 0 Å². The third-order valence-corrected chi connectivity index (χ3v) is 2.68. The third kappa shape index (κ3) is 8.20. The van der Waals surface area contributed by atoms with Crippen LogP contribution in [0.2, 0.25) is 0 Å². The van der Waals surface area contributed by atoms with E-state index in [0.29, 0.717) is 0 Å². The van der Waals surface area contributed by atoms with Gasteiger partial charge in [-0.1, -0.05) is 0 Å². The molecule has 0 bridgehead atoms. The average Bonchev–Trinajstić information content (AvgIpc) is 2.11. The Kier molecular flexibility index (Phi) is 5.59. The molecular formula is C8H14N2O6S. The highest BCUT2D eigenvalue weighted by molar-refractivity contribution is 7.90. The summed E-state index contributed by atoms with van der Waals surface area (Å²) in [7, 11) is -3.30. The number of carboxylic acid groups (broad SMARTS) is 1. The lowest BCUT2D eigenvalue weighted by molar-refractivity contribution is -0.143. The van der Waals surface area contributed by atoms with Gasteiger partial charge in [0, 0.05) is 12.7 Å². The van der Waals surface area contributed by atoms with Crippen molar-refractivity contribution in [1.29, 1.82) is 0 Å². The highest BCUT2D eigenvalue weighted by Crippen LogP contribution is 1.95. The number of sulfone groups is 1. The monoisotopic (exact) mass is 266 g/mol. The highest BCUT2D eigenvalue weighted by atomic mass is 32.2. The number of carbonyl (C=O) groups is 3. The first-order chi connectivity index (χ1) is 7.61. The van der Waals surface area contributed by atoms with Crippen molar-refractivity contribution in [3.8, 4) is 0 Å². The topological polar surface area (TPSA) is 144 Å². The first-order valence-electron chi connectivity index (χ1n) is 4.60. The van der Waals surface area contributed by atoms with Crippen molar-refractivity contribution in [1.82, 2.24) is 5.32 Å². The number of hydrogen-bond acceptors (Lipinski definition) is 5. The Morgan fingerprint density at radius 1 is 1.35 bits per heavy atom. The molecule has 8 nitrogen and oxygen atoms in total. The molecule has 0 heterocycles. The fraction of sp³-hybridized carbons (Fsp3) is 0.625. The molecule has 0 aliphatic rings. The van der Waals surface area contributed by atoms with Gasteiger partial charge >= 0.3 is 5.97 Å². The number of amides is 2. The van der Waals surface area contributed by atoms with E-state index in [9.17, 15) is 22.8 Å². The van der Waals surface area contributed by atoms with Gasteiger partial charge in [-0.25, -0.2) is 13.2 Å². The second-order valence-corrected chi connectivity index (χ2v) is 5.77. The lowest BCUT2D eigenvalue weighted by atomic mass is 10.2. The Hall–Kier alpha value is -1.64. The van der Waals surface area contributed by atoms with Crippen molar-refractivity contribution in [2.45, 2.75) is 18.9 Å². The quantitative estimate of drug-likeness (QED) is 0.480. The largest absolute Gasteiger partial charge is 0.480 e. The number of primary amides is 1. The lowest BCUT2D eigenvalue weighted by Crippen LogP contribution is -2.43. The summed E-state index contributed by atoms with van der Waals surface area (Å²) in [4.78, 5) is 32.4. The summed E-state index contributed by atoms with van der Waals surface area (Å²) in [5, 5.41) is 10.7. The zero-order valence-electron chi connectivity index (χ0n) is 9.17. The number of aliphatic carboxylic acids is 1. The van der Waals surface area contributed by atoms with E-state index in [1.807, 2.05) is 5.32 Å². The molecule has 0 aromatic heterocycles. The minimum absolute atomic E-state index is 0.360. The molecule has 0 radical (unpaired) electrons. The van der Waals surface area contributed by atoms with Gasteiger partial charge in [-0.15, -0.1) is 0 Å². The number of carboxylic acids is 1. The number of rotatable bonds is 7. The van der Waals surface area contributed by atoms with E-state index in [1.54, 1.807) is 0 Å². The van der Waals surface area contributed by atoms with Crippen molar-refractivity contribution in [3.63, 3.8) is 0 Å². The van der Waals surface area contributed by atoms with Crippen LogP contribution in [0.1, 0.15) is 12.8 Å². The third-order valence-electron chi connectivity index (χ3n) is 1.74. The Morgan fingerprint density at radius 2 is 1.88 bits per heavy atom. The number of hydrogen-bond donors (Lipinski definition) is 3. The summed E-state index contributed by atoms with van der Waals surface area (Å²) in [6.07, 6.45) is 0.0552. The lowest BCUT2D eigenvalue weighted by Gasteiger charge is -2.12. The summed E-state index contributed by atoms with van der Waals surface area (Å²) in [5.74, 6) is -3.43. The zero-order valence-corrected chi connectivity index (χ0v) is 9.99. The normalized spacial score (nSPS) is 12.8. The first-order valence-corrected chi connectivity index (χ1v) is 6.66. The van der Waals surface area contributed by atoms with E-state index in [-0.39, 0.29) is 12.2 Å². The fourth-order valence-electron chi connectivity index (χ4n) is 0.946. The molecule has 0 aromatic carbocycles. The summed E-state index contributed by atoms with van der Waals surface area (Å²) in [6.45, 7) is 0. The van der Waals surface area contributed by atoms with Gasteiger partial charge in [0.25, 0.3) is 0 Å². The second kappa shape index (κ2) is 6.18. The minimum Gasteiger partial charge on any atom is -0.480 e. The van der Waals surface area contributed by atoms with Gasteiger partial charge in [-0.3, -0.25) is 9.59 Å². The van der Waals surface area contributed by atoms with Crippen LogP contribution >= 0.6 is 0 Å². The number of carbonyl (C=O) groups excluding carboxylic acids is 2. The van der Waals surface area contributed by atoms with Gasteiger partial charge in [-0.05, 0) is 0 Å². The van der Waals surface area contributed by atoms with Crippen LogP contribution in [0.25, 0.3) is 0 Å². The molecule has 1 atom stereocenters. The van der Waals surface area contributed by atoms with E-state index < -0.39 is 40.1 Å². The van der Waals surface area contributed by atoms with Crippen molar-refractivity contribution >= 4 is 27.6 Å². The highest BCUT2D eigenvalue weighted by Gasteiger charge is 2.22. The van der Waals surface area contributed by atoms with Crippen LogP contribution < -0.4 is 11.1 Å². The van der Waals surface area contributed by atoms with Crippen LogP contribution in [0.4, 0.5) is 0 Å². The Labute approximate surface area is 98.1 Å². The maximum absolute atomic E-state index is 11.2. The maximum atomic E-state index is 11.2. The summed E-state index contributed by atoms with van der Waals surface area (Å²) < 4.78 is 21.5. The fourth-order valence-corrected chi connectivity index (χ4v) is 1.50. The number of nitrogens with two attached hydrogens (primary N) is 1. The van der Waals surface area contributed by atoms with Crippen LogP contribution in [0.5, 0.6) is 0 Å². The maximum Gasteiger partial charge on any atom is 0.326 e. The molecule has 0 fully saturated rings. The molecule has 4 N–H and O–H groups in total. The molecule has 0 saturated carbocycles. The molecule has 0 saturated heterocycles. The summed E-state index contributed by atoms with van der Waals surface area (Å²) >= 11 is 0. The van der Waals surface area contributed by atoms with E-state index in [2.05, 4.69) is 0 Å². The Morgan fingerprint density at radius 3 is 2.24 bits per heavy atom. The molecule has 0 aliphatic carbocycles. The Balaban J connectivity index is 4.32. The molecular weight excluding hydrogens is 252 g/mol. The SMILES string of the molecule is CS(=O)(=O)CCC(=O)NC(CC(N)=O)C(=O)O. The average molecular weight is 266 g/mol. The van der Waals surface area contributed by atoms with Gasteiger partial charge in [0.05, 0.1) is 12.2 Å². The van der Waals surface area contributed by atoms with Crippen LogP contribution in [0, 0.1) is 0 Å². The van der Waals surface area contributed by atoms with E-state index in [1.165, 1.54) is 0 Å². The molecule has 0 aromatic rings. The second-order valence-electron chi connectivity index (χ2n) is 3.51. The molecule has 9 heteroatoms. The number of nitrogens with one attached hydrogen (secondary N) is 1. The molecule has 0 aliphatic heterocycles. The van der Waals surface area contributed by atoms with Crippen LogP contribution in [-0.4, -0.2) is 49.4 Å². The van der Waals surface area contributed by atoms with Gasteiger partial charge < -0.3 is 16.2 Å². The predicted octanol–water partition coefficient (Wildman–Crippen LogP) is -2.13. The van der Waals surface area contributed by atoms with Gasteiger partial charge in [-0.2, -0.15) is 0 Å². The van der Waals surface area contributed by atoms with Crippen LogP contribution in [-0.2, 0) is 24.2 Å². The molecule has 1 unspecified atom stereocenters. The standard InChI is InChI=1S/C8H14N2O6S/c1-17(15,16)3-2-7(12)10-5(8(13)14)4-6(9)11/h5H,2-4H2,1H3,(H2,9,11)(H,10,12)(H,13,14). The van der Waals surface area contributed by atoms with Crippen LogP contribution in [0.15, 0.2) is 0 Å². The van der Waals surface area contributed by atoms with Crippen molar-refractivity contribution in [2.24, 2.45) is 5.73 Å². The minimum atomic E-state index is -3.30. The predicted molar refractivity (Wildman–Crippen MR) is 57.7 cm³/mol. The smallest absolute Gasteiger partial charge is 0.326 e. The van der Waals surface area contributed by atoms with Gasteiger partial charge in [0.2, 0.25) is 11.8 Å². The molecule has 17 heavy (non-hydrogen) atoms. The van der Waals surface area contributed by atoms with E-state index in [4.69, 9.17) is 10.8 Å². The van der Waals surface area contributed by atoms with Gasteiger partial charge in [0.15, 0.2) is 0 Å². The zero-order chi connectivity index (χ0) is 13.6. The molecule has 98 valence electrons. The van der Waals surface area contributed by atoms with Crippen molar-refractivity contribution < 1.29 is 27.9 Å². The molecule has 0 spiro atoms. The summed E-state index contributed by atoms with van der Waals surface area (Å²) in [6, 6.07) is -1.43. The van der Waals surface area contributed by atoms with E-state index >= 15 is 0 Å². The van der Waals surface area contributed by atoms with Crippen molar-refractivity contribution in [2.75, 3.05) is 12.0 Å². The van der Waals surface area contributed by atoms with Crippen LogP contribution in [0.3, 0.4) is 0 Å². The van der Waals surface area contributed by atoms with E-state index in [0.717, 1.165) is 6.26 Å². The molecule has 2 amide bonds. The Bertz CT molecular complexity index is 416. The van der Waals surface area contributed by atoms with Gasteiger partial charge in [0.1, 0.15) is 15.9 Å². The molecule has 0 rings (SSSR count). The summed E-state index contributed by atoms with van der Waals surface area (Å²) in [5.41, 5.74) is 4.80. The first kappa shape index (κ1) is 15.4.